The molecule has 1 fully saturated rings. The molecule has 0 aliphatic carbocycles. The smallest absolute Gasteiger partial charge is 0.224 e. The van der Waals surface area contributed by atoms with Gasteiger partial charge in [-0.05, 0) is 42.9 Å². The molecule has 5 nitrogen and oxygen atoms in total. The van der Waals surface area contributed by atoms with E-state index in [-0.39, 0.29) is 23.8 Å². The number of amides is 2. The van der Waals surface area contributed by atoms with Gasteiger partial charge >= 0.3 is 0 Å². The molecule has 0 radical (unpaired) electrons. The second-order valence-corrected chi connectivity index (χ2v) is 6.10. The van der Waals surface area contributed by atoms with Crippen molar-refractivity contribution in [1.82, 2.24) is 15.5 Å². The van der Waals surface area contributed by atoms with Crippen molar-refractivity contribution in [3.8, 4) is 0 Å². The Balaban J connectivity index is 1.86. The van der Waals surface area contributed by atoms with Crippen molar-refractivity contribution in [2.24, 2.45) is 5.92 Å². The summed E-state index contributed by atoms with van der Waals surface area (Å²) in [6.45, 7) is 1.04. The van der Waals surface area contributed by atoms with Crippen LogP contribution in [-0.2, 0) is 9.59 Å². The van der Waals surface area contributed by atoms with E-state index < -0.39 is 0 Å². The van der Waals surface area contributed by atoms with Crippen LogP contribution in [0.1, 0.15) is 24.4 Å². The lowest BCUT2D eigenvalue weighted by Crippen LogP contribution is -2.44. The van der Waals surface area contributed by atoms with E-state index in [0.29, 0.717) is 25.9 Å². The highest BCUT2D eigenvalue weighted by Gasteiger charge is 2.25. The normalized spacial score (nSPS) is 20.6. The number of carbonyl (C=O) groups is 2. The van der Waals surface area contributed by atoms with Gasteiger partial charge in [0.1, 0.15) is 0 Å². The maximum absolute atomic E-state index is 12.1. The zero-order valence-corrected chi connectivity index (χ0v) is 12.7. The Hall–Kier alpha value is -1.40. The maximum atomic E-state index is 12.1. The molecule has 2 atom stereocenters. The fourth-order valence-electron chi connectivity index (χ4n) is 2.36. The van der Waals surface area contributed by atoms with Gasteiger partial charge in [0.2, 0.25) is 11.8 Å². The molecule has 110 valence electrons. The van der Waals surface area contributed by atoms with Crippen molar-refractivity contribution in [2.45, 2.75) is 18.9 Å². The van der Waals surface area contributed by atoms with Crippen molar-refractivity contribution in [2.75, 3.05) is 27.2 Å². The first-order valence-electron chi connectivity index (χ1n) is 6.81. The zero-order chi connectivity index (χ0) is 14.5. The number of carbonyl (C=O) groups excluding carboxylic acids is 2. The summed E-state index contributed by atoms with van der Waals surface area (Å²) < 4.78 is 0. The van der Waals surface area contributed by atoms with Crippen LogP contribution in [-0.4, -0.2) is 43.9 Å². The number of nitrogens with one attached hydrogen (secondary N) is 2. The van der Waals surface area contributed by atoms with Crippen molar-refractivity contribution in [3.05, 3.63) is 22.4 Å². The molecule has 2 rings (SSSR count). The second kappa shape index (κ2) is 6.85. The summed E-state index contributed by atoms with van der Waals surface area (Å²) in [6, 6.07) is 2.27. The summed E-state index contributed by atoms with van der Waals surface area (Å²) in [4.78, 5) is 25.3. The molecule has 0 aromatic carbocycles. The Morgan fingerprint density at radius 2 is 2.40 bits per heavy atom. The van der Waals surface area contributed by atoms with E-state index in [0.717, 1.165) is 0 Å². The Kier molecular flexibility index (Phi) is 5.14. The molecule has 1 aromatic heterocycles. The van der Waals surface area contributed by atoms with E-state index in [1.54, 1.807) is 11.3 Å². The minimum atomic E-state index is -0.0991. The average Bonchev–Trinajstić information content (AvgIpc) is 2.93. The molecule has 0 spiro atoms. The first-order valence-corrected chi connectivity index (χ1v) is 7.75. The highest BCUT2D eigenvalue weighted by Crippen LogP contribution is 2.20. The molecule has 2 heterocycles. The molecule has 2 amide bonds. The zero-order valence-electron chi connectivity index (χ0n) is 11.9. The molecule has 1 aliphatic heterocycles. The summed E-state index contributed by atoms with van der Waals surface area (Å²) in [5, 5.41) is 9.91. The molecule has 20 heavy (non-hydrogen) atoms. The van der Waals surface area contributed by atoms with Gasteiger partial charge in [-0.15, -0.1) is 0 Å². The Bertz CT molecular complexity index is 449. The van der Waals surface area contributed by atoms with Crippen LogP contribution >= 0.6 is 11.3 Å². The predicted molar refractivity (Wildman–Crippen MR) is 79.5 cm³/mol. The molecular weight excluding hydrogens is 274 g/mol. The summed E-state index contributed by atoms with van der Waals surface area (Å²) >= 11 is 1.66. The van der Waals surface area contributed by atoms with Gasteiger partial charge < -0.3 is 15.5 Å². The van der Waals surface area contributed by atoms with Gasteiger partial charge in [-0.1, -0.05) is 0 Å². The van der Waals surface area contributed by atoms with Gasteiger partial charge in [-0.2, -0.15) is 11.3 Å². The van der Waals surface area contributed by atoms with E-state index in [1.807, 2.05) is 19.5 Å². The Labute approximate surface area is 123 Å². The third-order valence-electron chi connectivity index (χ3n) is 3.66. The Morgan fingerprint density at radius 1 is 1.60 bits per heavy atom. The van der Waals surface area contributed by atoms with Crippen LogP contribution in [0.25, 0.3) is 0 Å². The predicted octanol–water partition coefficient (Wildman–Crippen LogP) is 0.993. The van der Waals surface area contributed by atoms with Crippen molar-refractivity contribution in [1.29, 1.82) is 0 Å². The van der Waals surface area contributed by atoms with Crippen molar-refractivity contribution in [3.63, 3.8) is 0 Å². The number of thiophene rings is 1. The van der Waals surface area contributed by atoms with E-state index in [2.05, 4.69) is 27.0 Å². The van der Waals surface area contributed by atoms with Crippen LogP contribution in [0.2, 0.25) is 0 Å². The Morgan fingerprint density at radius 3 is 2.95 bits per heavy atom. The van der Waals surface area contributed by atoms with Crippen molar-refractivity contribution < 1.29 is 9.59 Å². The standard InChI is InChI=1S/C14H21N3O2S/c1-17(2)12(11-5-6-20-9-11)8-16-14(19)10-3-4-13(18)15-7-10/h5-6,9-10,12H,3-4,7-8H2,1-2H3,(H,15,18)(H,16,19). The summed E-state index contributed by atoms with van der Waals surface area (Å²) in [5.74, 6) is -0.0245. The minimum absolute atomic E-state index is 0.0343. The SMILES string of the molecule is CN(C)C(CNC(=O)C1CCC(=O)NC1)c1ccsc1. The fraction of sp³-hybridized carbons (Fsp3) is 0.571. The van der Waals surface area contributed by atoms with Crippen LogP contribution < -0.4 is 10.6 Å². The van der Waals surface area contributed by atoms with Crippen LogP contribution in [0.3, 0.4) is 0 Å². The lowest BCUT2D eigenvalue weighted by molar-refractivity contribution is -0.129. The van der Waals surface area contributed by atoms with Crippen LogP contribution in [0.4, 0.5) is 0 Å². The van der Waals surface area contributed by atoms with Gasteiger partial charge in [0, 0.05) is 19.5 Å². The lowest BCUT2D eigenvalue weighted by Gasteiger charge is -2.26. The van der Waals surface area contributed by atoms with Gasteiger partial charge in [0.05, 0.1) is 12.0 Å². The summed E-state index contributed by atoms with van der Waals surface area (Å²) in [6.07, 6.45) is 1.09. The number of hydrogen-bond acceptors (Lipinski definition) is 4. The van der Waals surface area contributed by atoms with Gasteiger partial charge in [0.15, 0.2) is 0 Å². The number of rotatable bonds is 5. The molecule has 0 saturated carbocycles. The van der Waals surface area contributed by atoms with E-state index in [4.69, 9.17) is 0 Å². The number of nitrogens with zero attached hydrogens (tertiary/aromatic N) is 1. The van der Waals surface area contributed by atoms with Gasteiger partial charge in [-0.3, -0.25) is 9.59 Å². The fourth-order valence-corrected chi connectivity index (χ4v) is 3.07. The topological polar surface area (TPSA) is 61.4 Å². The minimum Gasteiger partial charge on any atom is -0.355 e. The number of piperidine rings is 1. The molecule has 2 unspecified atom stereocenters. The quantitative estimate of drug-likeness (QED) is 0.852. The van der Waals surface area contributed by atoms with Crippen molar-refractivity contribution >= 4 is 23.2 Å². The molecule has 0 bridgehead atoms. The van der Waals surface area contributed by atoms with E-state index in [1.165, 1.54) is 5.56 Å². The third kappa shape index (κ3) is 3.80. The van der Waals surface area contributed by atoms with Gasteiger partial charge in [0.25, 0.3) is 0 Å². The number of likely N-dealkylation sites (N-methyl/N-ethyl adjacent to an activating group) is 1. The molecule has 2 N–H and O–H groups in total. The van der Waals surface area contributed by atoms with Crippen LogP contribution in [0.5, 0.6) is 0 Å². The monoisotopic (exact) mass is 295 g/mol. The second-order valence-electron chi connectivity index (χ2n) is 5.32. The summed E-state index contributed by atoms with van der Waals surface area (Å²) in [5.41, 5.74) is 1.22. The molecular formula is C14H21N3O2S. The molecule has 1 saturated heterocycles. The maximum Gasteiger partial charge on any atom is 0.224 e. The first kappa shape index (κ1) is 15.0. The van der Waals surface area contributed by atoms with E-state index in [9.17, 15) is 9.59 Å². The first-order chi connectivity index (χ1) is 9.58. The molecule has 1 aliphatic rings. The largest absolute Gasteiger partial charge is 0.355 e. The average molecular weight is 295 g/mol. The number of hydrogen-bond donors (Lipinski definition) is 2. The summed E-state index contributed by atoms with van der Waals surface area (Å²) in [7, 11) is 4.02. The highest BCUT2D eigenvalue weighted by molar-refractivity contribution is 7.07. The van der Waals surface area contributed by atoms with Gasteiger partial charge in [-0.25, -0.2) is 0 Å². The van der Waals surface area contributed by atoms with Crippen LogP contribution in [0, 0.1) is 5.92 Å². The molecule has 6 heteroatoms. The van der Waals surface area contributed by atoms with Crippen LogP contribution in [0.15, 0.2) is 16.8 Å². The molecule has 1 aromatic rings. The van der Waals surface area contributed by atoms with E-state index >= 15 is 0 Å². The highest BCUT2D eigenvalue weighted by atomic mass is 32.1. The lowest BCUT2D eigenvalue weighted by atomic mass is 9.98. The third-order valence-corrected chi connectivity index (χ3v) is 4.36.